The Labute approximate surface area is 105 Å². The number of hydrogen-bond donors (Lipinski definition) is 1. The second kappa shape index (κ2) is 4.05. The monoisotopic (exact) mass is 243 g/mol. The van der Waals surface area contributed by atoms with Gasteiger partial charge in [-0.25, -0.2) is 14.4 Å². The van der Waals surface area contributed by atoms with Crippen LogP contribution in [-0.4, -0.2) is 9.97 Å². The lowest BCUT2D eigenvalue weighted by molar-refractivity contribution is 0.627. The van der Waals surface area contributed by atoms with Gasteiger partial charge < -0.3 is 5.73 Å². The Hall–Kier alpha value is -1.97. The van der Waals surface area contributed by atoms with E-state index in [1.165, 1.54) is 12.1 Å². The third kappa shape index (κ3) is 2.06. The minimum absolute atomic E-state index is 0.235. The highest BCUT2D eigenvalue weighted by atomic mass is 19.1. The molecule has 0 aliphatic heterocycles. The van der Waals surface area contributed by atoms with Crippen LogP contribution in [0.2, 0.25) is 0 Å². The first-order valence-electron chi connectivity index (χ1n) is 6.04. The van der Waals surface area contributed by atoms with Crippen molar-refractivity contribution >= 4 is 5.82 Å². The molecule has 1 aliphatic carbocycles. The Bertz CT molecular complexity index is 606. The number of nitrogens with two attached hydrogens (primary N) is 1. The Kier molecular flexibility index (Phi) is 2.51. The summed E-state index contributed by atoms with van der Waals surface area (Å²) in [5, 5.41) is 0. The molecule has 0 atom stereocenters. The van der Waals surface area contributed by atoms with Crippen molar-refractivity contribution in [2.24, 2.45) is 0 Å². The standard InChI is InChI=1S/C14H14FN3/c1-8-6-10(15)4-5-11(8)12-7-13(16)18-14(17-12)9-2-3-9/h4-7,9H,2-3H2,1H3,(H2,16,17,18). The van der Waals surface area contributed by atoms with Crippen molar-refractivity contribution < 1.29 is 4.39 Å². The van der Waals surface area contributed by atoms with Crippen LogP contribution in [0.25, 0.3) is 11.3 Å². The number of aryl methyl sites for hydroxylation is 1. The molecule has 0 spiro atoms. The van der Waals surface area contributed by atoms with Crippen molar-refractivity contribution in [1.82, 2.24) is 9.97 Å². The molecule has 1 aliphatic rings. The first-order valence-corrected chi connectivity index (χ1v) is 6.04. The van der Waals surface area contributed by atoms with Crippen LogP contribution in [0.3, 0.4) is 0 Å². The number of nitrogen functional groups attached to an aromatic ring is 1. The topological polar surface area (TPSA) is 51.8 Å². The van der Waals surface area contributed by atoms with Gasteiger partial charge in [-0.15, -0.1) is 0 Å². The number of anilines is 1. The number of halogens is 1. The highest BCUT2D eigenvalue weighted by Gasteiger charge is 2.27. The van der Waals surface area contributed by atoms with Crippen molar-refractivity contribution in [2.45, 2.75) is 25.7 Å². The van der Waals surface area contributed by atoms with E-state index in [0.717, 1.165) is 35.5 Å². The summed E-state index contributed by atoms with van der Waals surface area (Å²) in [5.74, 6) is 1.51. The number of benzene rings is 1. The van der Waals surface area contributed by atoms with Gasteiger partial charge in [0.05, 0.1) is 5.69 Å². The van der Waals surface area contributed by atoms with Gasteiger partial charge in [0.2, 0.25) is 0 Å². The molecule has 0 bridgehead atoms. The molecule has 1 aromatic carbocycles. The average molecular weight is 243 g/mol. The molecule has 2 aromatic rings. The summed E-state index contributed by atoms with van der Waals surface area (Å²) in [7, 11) is 0. The Morgan fingerprint density at radius 3 is 2.67 bits per heavy atom. The van der Waals surface area contributed by atoms with Crippen molar-refractivity contribution in [3.05, 3.63) is 41.5 Å². The predicted molar refractivity (Wildman–Crippen MR) is 68.6 cm³/mol. The number of aromatic nitrogens is 2. The van der Waals surface area contributed by atoms with E-state index >= 15 is 0 Å². The molecule has 18 heavy (non-hydrogen) atoms. The SMILES string of the molecule is Cc1cc(F)ccc1-c1cc(N)nc(C2CC2)n1. The van der Waals surface area contributed by atoms with Crippen LogP contribution < -0.4 is 5.73 Å². The Morgan fingerprint density at radius 2 is 2.00 bits per heavy atom. The van der Waals surface area contributed by atoms with Crippen LogP contribution in [0.15, 0.2) is 24.3 Å². The summed E-state index contributed by atoms with van der Waals surface area (Å²) in [6.45, 7) is 1.87. The molecule has 0 amide bonds. The molecule has 3 rings (SSSR count). The normalized spacial score (nSPS) is 14.8. The van der Waals surface area contributed by atoms with Gasteiger partial charge in [-0.1, -0.05) is 0 Å². The highest BCUT2D eigenvalue weighted by molar-refractivity contribution is 5.65. The van der Waals surface area contributed by atoms with Crippen LogP contribution >= 0.6 is 0 Å². The van der Waals surface area contributed by atoms with Gasteiger partial charge in [-0.3, -0.25) is 0 Å². The van der Waals surface area contributed by atoms with E-state index in [9.17, 15) is 4.39 Å². The van der Waals surface area contributed by atoms with Crippen molar-refractivity contribution in [3.8, 4) is 11.3 Å². The third-order valence-electron chi connectivity index (χ3n) is 3.17. The number of rotatable bonds is 2. The molecule has 0 radical (unpaired) electrons. The molecule has 4 heteroatoms. The summed E-state index contributed by atoms with van der Waals surface area (Å²) in [5.41, 5.74) is 8.36. The molecule has 0 unspecified atom stereocenters. The fourth-order valence-corrected chi connectivity index (χ4v) is 2.06. The molecular formula is C14H14FN3. The summed E-state index contributed by atoms with van der Waals surface area (Å²) in [4.78, 5) is 8.80. The van der Waals surface area contributed by atoms with Gasteiger partial charge in [-0.05, 0) is 43.5 Å². The Balaban J connectivity index is 2.10. The summed E-state index contributed by atoms with van der Waals surface area (Å²) in [6, 6.07) is 6.43. The molecule has 1 heterocycles. The van der Waals surface area contributed by atoms with Gasteiger partial charge in [0, 0.05) is 17.5 Å². The van der Waals surface area contributed by atoms with Crippen molar-refractivity contribution in [1.29, 1.82) is 0 Å². The highest BCUT2D eigenvalue weighted by Crippen LogP contribution is 2.39. The lowest BCUT2D eigenvalue weighted by Gasteiger charge is -2.08. The van der Waals surface area contributed by atoms with E-state index in [0.29, 0.717) is 11.7 Å². The maximum Gasteiger partial charge on any atom is 0.134 e. The molecule has 1 saturated carbocycles. The number of nitrogens with zero attached hydrogens (tertiary/aromatic N) is 2. The average Bonchev–Trinajstić information content (AvgIpc) is 3.11. The van der Waals surface area contributed by atoms with Crippen LogP contribution in [0.5, 0.6) is 0 Å². The van der Waals surface area contributed by atoms with E-state index in [1.807, 2.05) is 6.92 Å². The minimum atomic E-state index is -0.235. The molecule has 0 saturated heterocycles. The summed E-state index contributed by atoms with van der Waals surface area (Å²) >= 11 is 0. The second-order valence-corrected chi connectivity index (χ2v) is 4.77. The quantitative estimate of drug-likeness (QED) is 0.882. The maximum atomic E-state index is 13.1. The third-order valence-corrected chi connectivity index (χ3v) is 3.17. The van der Waals surface area contributed by atoms with Crippen molar-refractivity contribution in [2.75, 3.05) is 5.73 Å². The molecule has 1 fully saturated rings. The smallest absolute Gasteiger partial charge is 0.134 e. The molecule has 1 aromatic heterocycles. The summed E-state index contributed by atoms with van der Waals surface area (Å²) < 4.78 is 13.1. The zero-order valence-corrected chi connectivity index (χ0v) is 10.2. The van der Waals surface area contributed by atoms with Gasteiger partial charge in [-0.2, -0.15) is 0 Å². The van der Waals surface area contributed by atoms with E-state index in [4.69, 9.17) is 5.73 Å². The van der Waals surface area contributed by atoms with Crippen molar-refractivity contribution in [3.63, 3.8) is 0 Å². The second-order valence-electron chi connectivity index (χ2n) is 4.77. The molecular weight excluding hydrogens is 229 g/mol. The minimum Gasteiger partial charge on any atom is -0.384 e. The lowest BCUT2D eigenvalue weighted by Crippen LogP contribution is -2.00. The molecule has 92 valence electrons. The lowest BCUT2D eigenvalue weighted by atomic mass is 10.1. The fraction of sp³-hybridized carbons (Fsp3) is 0.286. The van der Waals surface area contributed by atoms with Crippen LogP contribution in [-0.2, 0) is 0 Å². The molecule has 3 nitrogen and oxygen atoms in total. The van der Waals surface area contributed by atoms with Crippen LogP contribution in [0.4, 0.5) is 10.2 Å². The first-order chi connectivity index (χ1) is 8.63. The first kappa shape index (κ1) is 11.1. The largest absolute Gasteiger partial charge is 0.384 e. The zero-order valence-electron chi connectivity index (χ0n) is 10.2. The maximum absolute atomic E-state index is 13.1. The van der Waals surface area contributed by atoms with E-state index in [2.05, 4.69) is 9.97 Å². The van der Waals surface area contributed by atoms with E-state index < -0.39 is 0 Å². The molecule has 2 N–H and O–H groups in total. The van der Waals surface area contributed by atoms with Crippen LogP contribution in [0, 0.1) is 12.7 Å². The van der Waals surface area contributed by atoms with E-state index in [-0.39, 0.29) is 5.82 Å². The van der Waals surface area contributed by atoms with E-state index in [1.54, 1.807) is 12.1 Å². The zero-order chi connectivity index (χ0) is 12.7. The van der Waals surface area contributed by atoms with Crippen LogP contribution in [0.1, 0.15) is 30.1 Å². The van der Waals surface area contributed by atoms with Gasteiger partial charge in [0.1, 0.15) is 17.5 Å². The van der Waals surface area contributed by atoms with Gasteiger partial charge >= 0.3 is 0 Å². The van der Waals surface area contributed by atoms with Gasteiger partial charge in [0.15, 0.2) is 0 Å². The predicted octanol–water partition coefficient (Wildman–Crippen LogP) is 3.05. The summed E-state index contributed by atoms with van der Waals surface area (Å²) in [6.07, 6.45) is 2.26. The number of hydrogen-bond acceptors (Lipinski definition) is 3. The fourth-order valence-electron chi connectivity index (χ4n) is 2.06. The Morgan fingerprint density at radius 1 is 1.22 bits per heavy atom. The van der Waals surface area contributed by atoms with Gasteiger partial charge in [0.25, 0.3) is 0 Å².